The van der Waals surface area contributed by atoms with Gasteiger partial charge in [0.05, 0.1) is 38.0 Å². The van der Waals surface area contributed by atoms with Crippen molar-refractivity contribution in [1.82, 2.24) is 15.0 Å². The minimum absolute atomic E-state index is 0.0618. The van der Waals surface area contributed by atoms with Crippen LogP contribution in [0.2, 0.25) is 0 Å². The van der Waals surface area contributed by atoms with Crippen molar-refractivity contribution in [2.45, 2.75) is 19.4 Å². The van der Waals surface area contributed by atoms with Gasteiger partial charge >= 0.3 is 0 Å². The van der Waals surface area contributed by atoms with Crippen LogP contribution in [0.15, 0.2) is 59.1 Å². The van der Waals surface area contributed by atoms with Crippen LogP contribution in [0, 0.1) is 0 Å². The Bertz CT molecular complexity index is 1140. The van der Waals surface area contributed by atoms with Gasteiger partial charge in [-0.15, -0.1) is 0 Å². The van der Waals surface area contributed by atoms with E-state index in [4.69, 9.17) is 14.0 Å². The van der Waals surface area contributed by atoms with Gasteiger partial charge in [-0.3, -0.25) is 9.69 Å². The number of morpholine rings is 1. The van der Waals surface area contributed by atoms with Gasteiger partial charge in [-0.05, 0) is 25.0 Å². The maximum Gasteiger partial charge on any atom is 0.257 e. The second-order valence-corrected chi connectivity index (χ2v) is 9.26. The van der Waals surface area contributed by atoms with Crippen molar-refractivity contribution in [3.05, 3.63) is 65.7 Å². The fourth-order valence-corrected chi connectivity index (χ4v) is 4.96. The van der Waals surface area contributed by atoms with Crippen LogP contribution in [-0.4, -0.2) is 80.5 Å². The van der Waals surface area contributed by atoms with Gasteiger partial charge in [-0.25, -0.2) is 0 Å². The Morgan fingerprint density at radius 1 is 1.00 bits per heavy atom. The lowest BCUT2D eigenvalue weighted by atomic mass is 10.1. The van der Waals surface area contributed by atoms with Crippen LogP contribution in [0.3, 0.4) is 0 Å². The minimum atomic E-state index is -0.0618. The van der Waals surface area contributed by atoms with Crippen LogP contribution in [0.25, 0.3) is 11.3 Å². The van der Waals surface area contributed by atoms with Gasteiger partial charge in [0.15, 0.2) is 0 Å². The van der Waals surface area contributed by atoms with Gasteiger partial charge in [-0.2, -0.15) is 0 Å². The standard InChI is InChI=1S/C28H34N4O4/c1-34-25-12-6-5-11-23(25)27(33)32(16-15-30-17-19-35-20-18-30)21-24-26(22-9-3-2-4-10-22)29-36-28(24)31-13-7-8-14-31/h2-6,9-12H,7-8,13-21H2,1H3. The van der Waals surface area contributed by atoms with Crippen LogP contribution in [0.5, 0.6) is 5.75 Å². The summed E-state index contributed by atoms with van der Waals surface area (Å²) in [5.74, 6) is 1.29. The van der Waals surface area contributed by atoms with Crippen LogP contribution in [-0.2, 0) is 11.3 Å². The first-order valence-corrected chi connectivity index (χ1v) is 12.8. The largest absolute Gasteiger partial charge is 0.496 e. The first-order valence-electron chi connectivity index (χ1n) is 12.8. The fourth-order valence-electron chi connectivity index (χ4n) is 4.96. The van der Waals surface area contributed by atoms with Crippen LogP contribution >= 0.6 is 0 Å². The molecule has 2 aliphatic rings. The smallest absolute Gasteiger partial charge is 0.257 e. The molecule has 3 heterocycles. The number of rotatable bonds is 9. The van der Waals surface area contributed by atoms with E-state index < -0.39 is 0 Å². The SMILES string of the molecule is COc1ccccc1C(=O)N(CCN1CCOCC1)Cc1c(-c2ccccc2)noc1N1CCCC1. The summed E-state index contributed by atoms with van der Waals surface area (Å²) in [6.45, 7) is 6.82. The molecule has 2 aromatic carbocycles. The molecule has 5 rings (SSSR count). The highest BCUT2D eigenvalue weighted by Gasteiger charge is 2.29. The molecule has 0 N–H and O–H groups in total. The molecule has 0 spiro atoms. The summed E-state index contributed by atoms with van der Waals surface area (Å²) in [6.07, 6.45) is 2.25. The topological polar surface area (TPSA) is 71.3 Å². The molecule has 0 radical (unpaired) electrons. The number of methoxy groups -OCH3 is 1. The van der Waals surface area contributed by atoms with Crippen LogP contribution < -0.4 is 9.64 Å². The van der Waals surface area contributed by atoms with E-state index in [1.165, 1.54) is 0 Å². The third-order valence-electron chi connectivity index (χ3n) is 6.97. The monoisotopic (exact) mass is 490 g/mol. The average molecular weight is 491 g/mol. The maximum atomic E-state index is 13.9. The Labute approximate surface area is 212 Å². The molecule has 1 amide bonds. The van der Waals surface area contributed by atoms with E-state index in [2.05, 4.69) is 15.0 Å². The molecule has 0 aliphatic carbocycles. The molecule has 1 aromatic heterocycles. The van der Waals surface area contributed by atoms with Crippen molar-refractivity contribution >= 4 is 11.8 Å². The highest BCUT2D eigenvalue weighted by Crippen LogP contribution is 2.34. The Balaban J connectivity index is 1.49. The second kappa shape index (κ2) is 11.6. The van der Waals surface area contributed by atoms with Crippen molar-refractivity contribution in [3.8, 4) is 17.0 Å². The predicted octanol–water partition coefficient (Wildman–Crippen LogP) is 3.93. The van der Waals surface area contributed by atoms with Gasteiger partial charge in [0.25, 0.3) is 5.91 Å². The van der Waals surface area contributed by atoms with Crippen LogP contribution in [0.1, 0.15) is 28.8 Å². The summed E-state index contributed by atoms with van der Waals surface area (Å²) < 4.78 is 17.0. The molecule has 190 valence electrons. The third kappa shape index (κ3) is 5.39. The number of hydrogen-bond acceptors (Lipinski definition) is 7. The van der Waals surface area contributed by atoms with Crippen molar-refractivity contribution in [1.29, 1.82) is 0 Å². The number of benzene rings is 2. The van der Waals surface area contributed by atoms with E-state index in [1.807, 2.05) is 59.5 Å². The zero-order chi connectivity index (χ0) is 24.7. The van der Waals surface area contributed by atoms with Crippen molar-refractivity contribution in [2.75, 3.05) is 64.5 Å². The van der Waals surface area contributed by atoms with E-state index in [0.29, 0.717) is 24.4 Å². The van der Waals surface area contributed by atoms with Crippen molar-refractivity contribution in [2.24, 2.45) is 0 Å². The average Bonchev–Trinajstić information content (AvgIpc) is 3.62. The molecule has 2 saturated heterocycles. The third-order valence-corrected chi connectivity index (χ3v) is 6.97. The first kappa shape index (κ1) is 24.3. The zero-order valence-electron chi connectivity index (χ0n) is 20.9. The highest BCUT2D eigenvalue weighted by molar-refractivity contribution is 5.97. The van der Waals surface area contributed by atoms with Crippen molar-refractivity contribution in [3.63, 3.8) is 0 Å². The predicted molar refractivity (Wildman–Crippen MR) is 138 cm³/mol. The summed E-state index contributed by atoms with van der Waals surface area (Å²) >= 11 is 0. The number of aromatic nitrogens is 1. The second-order valence-electron chi connectivity index (χ2n) is 9.26. The normalized spacial score (nSPS) is 16.3. The molecule has 0 atom stereocenters. The van der Waals surface area contributed by atoms with E-state index in [1.54, 1.807) is 7.11 Å². The number of nitrogens with zero attached hydrogens (tertiary/aromatic N) is 4. The number of carbonyl (C=O) groups is 1. The Hall–Kier alpha value is -3.36. The number of carbonyl (C=O) groups excluding carboxylic acids is 1. The number of ether oxygens (including phenoxy) is 2. The van der Waals surface area contributed by atoms with Gasteiger partial charge in [0.2, 0.25) is 5.88 Å². The molecular formula is C28H34N4O4. The Kier molecular flexibility index (Phi) is 7.83. The van der Waals surface area contributed by atoms with E-state index in [0.717, 1.165) is 81.5 Å². The van der Waals surface area contributed by atoms with E-state index in [9.17, 15) is 4.79 Å². The summed E-state index contributed by atoms with van der Waals surface area (Å²) in [5.41, 5.74) is 3.29. The minimum Gasteiger partial charge on any atom is -0.496 e. The zero-order valence-corrected chi connectivity index (χ0v) is 20.9. The van der Waals surface area contributed by atoms with Gasteiger partial charge < -0.3 is 23.8 Å². The summed E-state index contributed by atoms with van der Waals surface area (Å²) in [5, 5.41) is 4.49. The summed E-state index contributed by atoms with van der Waals surface area (Å²) in [6, 6.07) is 17.5. The number of para-hydroxylation sites is 1. The first-order chi connectivity index (χ1) is 17.7. The van der Waals surface area contributed by atoms with Crippen molar-refractivity contribution < 1.29 is 18.8 Å². The molecule has 2 fully saturated rings. The Morgan fingerprint density at radius 2 is 1.72 bits per heavy atom. The maximum absolute atomic E-state index is 13.9. The van der Waals surface area contributed by atoms with E-state index >= 15 is 0 Å². The lowest BCUT2D eigenvalue weighted by Gasteiger charge is -2.30. The van der Waals surface area contributed by atoms with Gasteiger partial charge in [-0.1, -0.05) is 47.6 Å². The molecule has 0 bridgehead atoms. The molecular weight excluding hydrogens is 456 g/mol. The summed E-state index contributed by atoms with van der Waals surface area (Å²) in [7, 11) is 1.60. The molecule has 36 heavy (non-hydrogen) atoms. The molecule has 3 aromatic rings. The number of amides is 1. The lowest BCUT2D eigenvalue weighted by molar-refractivity contribution is 0.0320. The lowest BCUT2D eigenvalue weighted by Crippen LogP contribution is -2.43. The fraction of sp³-hybridized carbons (Fsp3) is 0.429. The molecule has 8 heteroatoms. The molecule has 0 saturated carbocycles. The molecule has 8 nitrogen and oxygen atoms in total. The highest BCUT2D eigenvalue weighted by atomic mass is 16.5. The van der Waals surface area contributed by atoms with E-state index in [-0.39, 0.29) is 5.91 Å². The quantitative estimate of drug-likeness (QED) is 0.450. The number of anilines is 1. The van der Waals surface area contributed by atoms with Gasteiger partial charge in [0.1, 0.15) is 11.4 Å². The molecule has 0 unspecified atom stereocenters. The summed E-state index contributed by atoms with van der Waals surface area (Å²) in [4.78, 5) is 20.4. The van der Waals surface area contributed by atoms with Crippen LogP contribution in [0.4, 0.5) is 5.88 Å². The Morgan fingerprint density at radius 3 is 2.47 bits per heavy atom. The number of hydrogen-bond donors (Lipinski definition) is 0. The van der Waals surface area contributed by atoms with Gasteiger partial charge in [0, 0.05) is 44.8 Å². The molecule has 2 aliphatic heterocycles.